The Kier molecular flexibility index (Phi) is 4.48. The van der Waals surface area contributed by atoms with Gasteiger partial charge in [0.25, 0.3) is 11.6 Å². The van der Waals surface area contributed by atoms with Gasteiger partial charge in [-0.15, -0.1) is 0 Å². The molecule has 0 saturated heterocycles. The number of para-hydroxylation sites is 2. The SMILES string of the molecule is CN1CCN(C(=O)COc2ccc([N+](=O)[O-])cc2)c2nc3ccccc3nc21. The lowest BCUT2D eigenvalue weighted by molar-refractivity contribution is -0.384. The van der Waals surface area contributed by atoms with E-state index >= 15 is 0 Å². The molecule has 2 aromatic carbocycles. The van der Waals surface area contributed by atoms with Gasteiger partial charge in [-0.05, 0) is 24.3 Å². The van der Waals surface area contributed by atoms with Crippen LogP contribution in [0.5, 0.6) is 5.75 Å². The van der Waals surface area contributed by atoms with E-state index in [0.717, 1.165) is 5.52 Å². The van der Waals surface area contributed by atoms with Gasteiger partial charge in [0.1, 0.15) is 5.75 Å². The molecule has 1 aliphatic rings. The Balaban J connectivity index is 1.54. The number of nitro benzene ring substituents is 1. The van der Waals surface area contributed by atoms with E-state index in [1.165, 1.54) is 24.3 Å². The maximum absolute atomic E-state index is 12.8. The van der Waals surface area contributed by atoms with Crippen LogP contribution >= 0.6 is 0 Å². The largest absolute Gasteiger partial charge is 0.484 e. The average molecular weight is 379 g/mol. The molecule has 0 spiro atoms. The quantitative estimate of drug-likeness (QED) is 0.507. The summed E-state index contributed by atoms with van der Waals surface area (Å²) in [5.74, 6) is 1.29. The second-order valence-electron chi connectivity index (χ2n) is 6.37. The summed E-state index contributed by atoms with van der Waals surface area (Å²) in [6, 6.07) is 13.1. The maximum Gasteiger partial charge on any atom is 0.269 e. The van der Waals surface area contributed by atoms with Crippen LogP contribution in [0.3, 0.4) is 0 Å². The molecule has 1 amide bonds. The highest BCUT2D eigenvalue weighted by atomic mass is 16.6. The summed E-state index contributed by atoms with van der Waals surface area (Å²) in [7, 11) is 1.91. The van der Waals surface area contributed by atoms with E-state index < -0.39 is 4.92 Å². The molecular formula is C19H17N5O4. The molecule has 3 aromatic rings. The number of hydrogen-bond acceptors (Lipinski definition) is 7. The highest BCUT2D eigenvalue weighted by Gasteiger charge is 2.28. The number of benzene rings is 2. The van der Waals surface area contributed by atoms with Crippen LogP contribution in [-0.2, 0) is 4.79 Å². The summed E-state index contributed by atoms with van der Waals surface area (Å²) in [5, 5.41) is 10.7. The summed E-state index contributed by atoms with van der Waals surface area (Å²) >= 11 is 0. The number of non-ortho nitro benzene ring substituents is 1. The van der Waals surface area contributed by atoms with Crippen molar-refractivity contribution in [2.75, 3.05) is 36.5 Å². The van der Waals surface area contributed by atoms with Gasteiger partial charge in [-0.2, -0.15) is 0 Å². The number of carbonyl (C=O) groups excluding carboxylic acids is 1. The first-order chi connectivity index (χ1) is 13.5. The number of hydrogen-bond donors (Lipinski definition) is 0. The minimum Gasteiger partial charge on any atom is -0.484 e. The van der Waals surface area contributed by atoms with Crippen molar-refractivity contribution in [1.82, 2.24) is 9.97 Å². The van der Waals surface area contributed by atoms with Crippen LogP contribution in [0.4, 0.5) is 17.3 Å². The molecule has 0 atom stereocenters. The molecule has 1 aromatic heterocycles. The van der Waals surface area contributed by atoms with Gasteiger partial charge < -0.3 is 9.64 Å². The molecule has 0 aliphatic carbocycles. The Bertz CT molecular complexity index is 1050. The van der Waals surface area contributed by atoms with E-state index in [4.69, 9.17) is 4.74 Å². The zero-order valence-corrected chi connectivity index (χ0v) is 15.1. The standard InChI is InChI=1S/C19H17N5O4/c1-22-10-11-23(19-18(22)20-15-4-2-3-5-16(15)21-19)17(25)12-28-14-8-6-13(7-9-14)24(26)27/h2-9H,10-12H2,1H3. The van der Waals surface area contributed by atoms with Crippen LogP contribution in [0.2, 0.25) is 0 Å². The number of rotatable bonds is 4. The van der Waals surface area contributed by atoms with Crippen molar-refractivity contribution in [3.05, 3.63) is 58.6 Å². The van der Waals surface area contributed by atoms with Crippen LogP contribution in [0.1, 0.15) is 0 Å². The van der Waals surface area contributed by atoms with E-state index in [0.29, 0.717) is 36.0 Å². The highest BCUT2D eigenvalue weighted by molar-refractivity contribution is 5.98. The smallest absolute Gasteiger partial charge is 0.269 e. The molecule has 9 heteroatoms. The van der Waals surface area contributed by atoms with Crippen molar-refractivity contribution in [3.63, 3.8) is 0 Å². The molecular weight excluding hydrogens is 362 g/mol. The minimum absolute atomic E-state index is 0.0335. The fourth-order valence-electron chi connectivity index (χ4n) is 3.01. The lowest BCUT2D eigenvalue weighted by Crippen LogP contribution is -2.45. The zero-order chi connectivity index (χ0) is 19.7. The maximum atomic E-state index is 12.8. The van der Waals surface area contributed by atoms with Crippen LogP contribution in [-0.4, -0.2) is 47.5 Å². The second kappa shape index (κ2) is 7.10. The Hall–Kier alpha value is -3.75. The number of carbonyl (C=O) groups is 1. The van der Waals surface area contributed by atoms with Crippen molar-refractivity contribution in [2.24, 2.45) is 0 Å². The number of nitro groups is 1. The van der Waals surface area contributed by atoms with Crippen molar-refractivity contribution in [1.29, 1.82) is 0 Å². The number of fused-ring (bicyclic) bond motifs is 2. The van der Waals surface area contributed by atoms with Gasteiger partial charge in [0.2, 0.25) is 0 Å². The van der Waals surface area contributed by atoms with Crippen LogP contribution in [0.15, 0.2) is 48.5 Å². The molecule has 142 valence electrons. The molecule has 0 N–H and O–H groups in total. The first kappa shape index (κ1) is 17.7. The van der Waals surface area contributed by atoms with Crippen molar-refractivity contribution in [2.45, 2.75) is 0 Å². The van der Waals surface area contributed by atoms with Crippen molar-refractivity contribution in [3.8, 4) is 5.75 Å². The lowest BCUT2D eigenvalue weighted by atomic mass is 10.2. The summed E-state index contributed by atoms with van der Waals surface area (Å²) in [6.07, 6.45) is 0. The third-order valence-corrected chi connectivity index (χ3v) is 4.52. The molecule has 0 bridgehead atoms. The van der Waals surface area contributed by atoms with E-state index in [2.05, 4.69) is 9.97 Å². The summed E-state index contributed by atoms with van der Waals surface area (Å²) in [6.45, 7) is 0.901. The van der Waals surface area contributed by atoms with Gasteiger partial charge in [-0.1, -0.05) is 12.1 Å². The predicted octanol–water partition coefficient (Wildman–Crippen LogP) is 2.40. The van der Waals surface area contributed by atoms with Gasteiger partial charge in [-0.25, -0.2) is 9.97 Å². The van der Waals surface area contributed by atoms with Crippen LogP contribution in [0, 0.1) is 10.1 Å². The normalized spacial score (nSPS) is 13.3. The van der Waals surface area contributed by atoms with E-state index in [9.17, 15) is 14.9 Å². The minimum atomic E-state index is -0.487. The number of nitrogens with zero attached hydrogens (tertiary/aromatic N) is 5. The first-order valence-electron chi connectivity index (χ1n) is 8.68. The zero-order valence-electron chi connectivity index (χ0n) is 15.1. The third-order valence-electron chi connectivity index (χ3n) is 4.52. The Labute approximate surface area is 160 Å². The molecule has 4 rings (SSSR count). The van der Waals surface area contributed by atoms with Gasteiger partial charge in [0.15, 0.2) is 18.2 Å². The number of anilines is 2. The first-order valence-corrected chi connectivity index (χ1v) is 8.68. The predicted molar refractivity (Wildman–Crippen MR) is 104 cm³/mol. The molecule has 2 heterocycles. The summed E-state index contributed by atoms with van der Waals surface area (Å²) < 4.78 is 5.51. The fourth-order valence-corrected chi connectivity index (χ4v) is 3.01. The molecule has 0 saturated carbocycles. The van der Waals surface area contributed by atoms with Crippen molar-refractivity contribution >= 4 is 34.3 Å². The van der Waals surface area contributed by atoms with Gasteiger partial charge in [-0.3, -0.25) is 19.8 Å². The van der Waals surface area contributed by atoms with E-state index in [1.807, 2.05) is 36.2 Å². The van der Waals surface area contributed by atoms with Gasteiger partial charge in [0, 0.05) is 32.3 Å². The topological polar surface area (TPSA) is 102 Å². The second-order valence-corrected chi connectivity index (χ2v) is 6.37. The number of likely N-dealkylation sites (N-methyl/N-ethyl adjacent to an activating group) is 1. The fraction of sp³-hybridized carbons (Fsp3) is 0.211. The van der Waals surface area contributed by atoms with Crippen molar-refractivity contribution < 1.29 is 14.5 Å². The molecule has 1 aliphatic heterocycles. The molecule has 9 nitrogen and oxygen atoms in total. The molecule has 0 fully saturated rings. The van der Waals surface area contributed by atoms with Crippen LogP contribution in [0.25, 0.3) is 11.0 Å². The van der Waals surface area contributed by atoms with E-state index in [-0.39, 0.29) is 18.2 Å². The third kappa shape index (κ3) is 3.29. The van der Waals surface area contributed by atoms with Gasteiger partial charge in [0.05, 0.1) is 16.0 Å². The Morgan fingerprint density at radius 2 is 1.71 bits per heavy atom. The Morgan fingerprint density at radius 1 is 1.07 bits per heavy atom. The molecule has 0 unspecified atom stereocenters. The summed E-state index contributed by atoms with van der Waals surface area (Å²) in [5.41, 5.74) is 1.45. The average Bonchev–Trinajstić information content (AvgIpc) is 2.71. The Morgan fingerprint density at radius 3 is 2.36 bits per heavy atom. The molecule has 0 radical (unpaired) electrons. The highest BCUT2D eigenvalue weighted by Crippen LogP contribution is 2.30. The lowest BCUT2D eigenvalue weighted by Gasteiger charge is -2.33. The number of amides is 1. The number of aromatic nitrogens is 2. The van der Waals surface area contributed by atoms with Crippen LogP contribution < -0.4 is 14.5 Å². The monoisotopic (exact) mass is 379 g/mol. The van der Waals surface area contributed by atoms with Gasteiger partial charge >= 0.3 is 0 Å². The number of ether oxygens (including phenoxy) is 1. The summed E-state index contributed by atoms with van der Waals surface area (Å²) in [4.78, 5) is 35.8. The van der Waals surface area contributed by atoms with E-state index in [1.54, 1.807) is 4.90 Å². The molecule has 28 heavy (non-hydrogen) atoms.